The molecule has 1 aliphatic rings. The van der Waals surface area contributed by atoms with Crippen LogP contribution in [-0.4, -0.2) is 32.4 Å². The van der Waals surface area contributed by atoms with Gasteiger partial charge < -0.3 is 0 Å². The first kappa shape index (κ1) is 10.7. The van der Waals surface area contributed by atoms with Gasteiger partial charge in [0.05, 0.1) is 0 Å². The van der Waals surface area contributed by atoms with Crippen LogP contribution in [0.2, 0.25) is 0 Å². The molecule has 13 heavy (non-hydrogen) atoms. The lowest BCUT2D eigenvalue weighted by atomic mass is 10.7. The van der Waals surface area contributed by atoms with E-state index in [2.05, 4.69) is 0 Å². The summed E-state index contributed by atoms with van der Waals surface area (Å²) in [5.74, 6) is 0. The second kappa shape index (κ2) is 2.16. The van der Waals surface area contributed by atoms with E-state index in [1.54, 1.807) is 0 Å². The van der Waals surface area contributed by atoms with E-state index in [-0.39, 0.29) is 0 Å². The molecule has 0 atom stereocenters. The maximum atomic E-state index is 12.3. The zero-order chi connectivity index (χ0) is 10.7. The number of hydrogen-bond donors (Lipinski definition) is 0. The van der Waals surface area contributed by atoms with E-state index in [9.17, 15) is 34.4 Å². The normalized spacial score (nSPS) is 32.9. The van der Waals surface area contributed by atoms with E-state index >= 15 is 0 Å². The molecule has 1 heterocycles. The zero-order valence-electron chi connectivity index (χ0n) is 5.67. The summed E-state index contributed by atoms with van der Waals surface area (Å²) in [7, 11) is -11.2. The van der Waals surface area contributed by atoms with E-state index < -0.39 is 35.3 Å². The van der Waals surface area contributed by atoms with Crippen molar-refractivity contribution in [1.82, 2.24) is 0 Å². The van der Waals surface area contributed by atoms with E-state index in [1.807, 2.05) is 0 Å². The standard InChI is InChI=1S/C3H2F4O4S2/c4-2(5)3(6,7)13(10,11)1-12(2,8)9/h1H2. The minimum Gasteiger partial charge on any atom is -0.221 e. The number of alkyl halides is 4. The predicted molar refractivity (Wildman–Crippen MR) is 32.6 cm³/mol. The zero-order valence-corrected chi connectivity index (χ0v) is 7.30. The molecule has 0 spiro atoms. The molecule has 10 heteroatoms. The van der Waals surface area contributed by atoms with Crippen molar-refractivity contribution in [3.8, 4) is 0 Å². The van der Waals surface area contributed by atoms with Crippen LogP contribution in [0.5, 0.6) is 0 Å². The molecule has 4 nitrogen and oxygen atoms in total. The Morgan fingerprint density at radius 3 is 1.08 bits per heavy atom. The largest absolute Gasteiger partial charge is 0.422 e. The minimum atomic E-state index is -5.61. The van der Waals surface area contributed by atoms with Gasteiger partial charge in [0.15, 0.2) is 5.08 Å². The quantitative estimate of drug-likeness (QED) is 0.559. The van der Waals surface area contributed by atoms with Gasteiger partial charge in [-0.3, -0.25) is 0 Å². The fourth-order valence-corrected chi connectivity index (χ4v) is 5.02. The van der Waals surface area contributed by atoms with Crippen molar-refractivity contribution in [2.75, 3.05) is 5.08 Å². The third kappa shape index (κ3) is 1.01. The summed E-state index contributed by atoms with van der Waals surface area (Å²) in [6, 6.07) is 0. The van der Waals surface area contributed by atoms with Crippen LogP contribution in [0, 0.1) is 0 Å². The predicted octanol–water partition coefficient (Wildman–Crippen LogP) is -0.0273. The molecular weight excluding hydrogens is 240 g/mol. The van der Waals surface area contributed by atoms with Gasteiger partial charge in [0.2, 0.25) is 19.7 Å². The highest BCUT2D eigenvalue weighted by Crippen LogP contribution is 2.49. The summed E-state index contributed by atoms with van der Waals surface area (Å²) in [5, 5.41) is -13.3. The Labute approximate surface area is 70.4 Å². The lowest BCUT2D eigenvalue weighted by molar-refractivity contribution is -0.0920. The monoisotopic (exact) mass is 242 g/mol. The van der Waals surface area contributed by atoms with Crippen LogP contribution in [0.15, 0.2) is 0 Å². The summed E-state index contributed by atoms with van der Waals surface area (Å²) in [6.07, 6.45) is 0. The van der Waals surface area contributed by atoms with Crippen LogP contribution in [0.25, 0.3) is 0 Å². The van der Waals surface area contributed by atoms with Crippen LogP contribution in [0.4, 0.5) is 17.6 Å². The summed E-state index contributed by atoms with van der Waals surface area (Å²) in [5.41, 5.74) is 0. The van der Waals surface area contributed by atoms with Gasteiger partial charge in [-0.15, -0.1) is 0 Å². The van der Waals surface area contributed by atoms with Crippen molar-refractivity contribution in [3.05, 3.63) is 0 Å². The molecule has 1 aliphatic heterocycles. The number of sulfone groups is 2. The molecule has 0 unspecified atom stereocenters. The van der Waals surface area contributed by atoms with E-state index in [1.165, 1.54) is 0 Å². The smallest absolute Gasteiger partial charge is 0.221 e. The Morgan fingerprint density at radius 2 is 1.00 bits per heavy atom. The Bertz CT molecular complexity index is 390. The van der Waals surface area contributed by atoms with Crippen LogP contribution >= 0.6 is 0 Å². The summed E-state index contributed by atoms with van der Waals surface area (Å²) < 4.78 is 90.3. The average molecular weight is 242 g/mol. The Morgan fingerprint density at radius 1 is 0.769 bits per heavy atom. The molecule has 0 saturated carbocycles. The molecule has 0 aromatic heterocycles. The first-order chi connectivity index (χ1) is 5.46. The van der Waals surface area contributed by atoms with Crippen LogP contribution in [0.1, 0.15) is 0 Å². The molecule has 1 fully saturated rings. The van der Waals surface area contributed by atoms with Crippen LogP contribution in [0.3, 0.4) is 0 Å². The molecule has 78 valence electrons. The maximum Gasteiger partial charge on any atom is 0.422 e. The van der Waals surface area contributed by atoms with Crippen molar-refractivity contribution < 1.29 is 34.4 Å². The lowest BCUT2D eigenvalue weighted by Gasteiger charge is -2.14. The van der Waals surface area contributed by atoms with Gasteiger partial charge in [0.1, 0.15) is 0 Å². The van der Waals surface area contributed by atoms with E-state index in [0.717, 1.165) is 0 Å². The topological polar surface area (TPSA) is 68.3 Å². The van der Waals surface area contributed by atoms with Gasteiger partial charge >= 0.3 is 10.5 Å². The van der Waals surface area contributed by atoms with Gasteiger partial charge in [-0.05, 0) is 0 Å². The highest BCUT2D eigenvalue weighted by atomic mass is 32.3. The van der Waals surface area contributed by atoms with Crippen molar-refractivity contribution in [1.29, 1.82) is 0 Å². The molecule has 0 aromatic carbocycles. The van der Waals surface area contributed by atoms with E-state index in [0.29, 0.717) is 0 Å². The highest BCUT2D eigenvalue weighted by Gasteiger charge is 2.79. The Balaban J connectivity index is 3.61. The molecule has 1 saturated heterocycles. The number of rotatable bonds is 0. The summed E-state index contributed by atoms with van der Waals surface area (Å²) >= 11 is 0. The van der Waals surface area contributed by atoms with Crippen molar-refractivity contribution in [3.63, 3.8) is 0 Å². The molecule has 0 N–H and O–H groups in total. The molecular formula is C3H2F4O4S2. The molecule has 0 amide bonds. The molecule has 0 aliphatic carbocycles. The lowest BCUT2D eigenvalue weighted by Crippen LogP contribution is -2.42. The highest BCUT2D eigenvalue weighted by molar-refractivity contribution is 8.12. The third-order valence-electron chi connectivity index (χ3n) is 1.43. The van der Waals surface area contributed by atoms with Gasteiger partial charge in [-0.25, -0.2) is 16.8 Å². The fourth-order valence-electron chi connectivity index (χ4n) is 0.714. The molecule has 0 aromatic rings. The molecule has 0 bridgehead atoms. The second-order valence-electron chi connectivity index (χ2n) is 2.38. The van der Waals surface area contributed by atoms with Gasteiger partial charge in [-0.1, -0.05) is 0 Å². The maximum absolute atomic E-state index is 12.3. The third-order valence-corrected chi connectivity index (χ3v) is 6.12. The van der Waals surface area contributed by atoms with Crippen molar-refractivity contribution in [2.45, 2.75) is 10.5 Å². The Kier molecular flexibility index (Phi) is 1.78. The van der Waals surface area contributed by atoms with Gasteiger partial charge in [-0.2, -0.15) is 17.6 Å². The molecule has 0 radical (unpaired) electrons. The fraction of sp³-hybridized carbons (Fsp3) is 1.00. The van der Waals surface area contributed by atoms with Gasteiger partial charge in [0, 0.05) is 0 Å². The first-order valence-electron chi connectivity index (χ1n) is 2.66. The van der Waals surface area contributed by atoms with E-state index in [4.69, 9.17) is 0 Å². The second-order valence-corrected chi connectivity index (χ2v) is 6.81. The van der Waals surface area contributed by atoms with Gasteiger partial charge in [0.25, 0.3) is 0 Å². The number of hydrogen-bond acceptors (Lipinski definition) is 4. The minimum absolute atomic E-state index is 2.22. The van der Waals surface area contributed by atoms with Crippen molar-refractivity contribution in [2.24, 2.45) is 0 Å². The average Bonchev–Trinajstić information content (AvgIpc) is 1.88. The number of halogens is 4. The summed E-state index contributed by atoms with van der Waals surface area (Å²) in [6.45, 7) is 0. The van der Waals surface area contributed by atoms with Crippen LogP contribution in [-0.2, 0) is 19.7 Å². The van der Waals surface area contributed by atoms with Crippen molar-refractivity contribution >= 4 is 19.7 Å². The molecule has 1 rings (SSSR count). The SMILES string of the molecule is O=S1(=O)CS(=O)(=O)C(F)(F)C1(F)F. The Hall–Kier alpha value is -0.380. The first-order valence-corrected chi connectivity index (χ1v) is 5.96. The summed E-state index contributed by atoms with van der Waals surface area (Å²) in [4.78, 5) is 0. The van der Waals surface area contributed by atoms with Crippen LogP contribution < -0.4 is 0 Å².